The first kappa shape index (κ1) is 10.3. The number of hydrogen-bond acceptors (Lipinski definition) is 2. The molecule has 1 aromatic carbocycles. The minimum Gasteiger partial charge on any atom is -0.386 e. The van der Waals surface area contributed by atoms with Crippen molar-refractivity contribution < 1.29 is 0 Å². The molecule has 0 radical (unpaired) electrons. The number of amidine groups is 1. The van der Waals surface area contributed by atoms with Crippen LogP contribution in [0.2, 0.25) is 5.02 Å². The average Bonchev–Trinajstić information content (AvgIpc) is 2.17. The maximum Gasteiger partial charge on any atom is 0.220 e. The summed E-state index contributed by atoms with van der Waals surface area (Å²) in [7, 11) is 0. The summed E-state index contributed by atoms with van der Waals surface area (Å²) in [5.41, 5.74) is 6.75. The number of nitrogens with two attached hydrogens (primary N) is 1. The molecule has 1 atom stereocenters. The molecule has 15 heavy (non-hydrogen) atoms. The molecule has 0 spiro atoms. The fraction of sp³-hybridized carbons (Fsp3) is 0.100. The van der Waals surface area contributed by atoms with Crippen molar-refractivity contribution in [2.24, 2.45) is 15.7 Å². The number of rotatable bonds is 1. The first-order chi connectivity index (χ1) is 7.16. The van der Waals surface area contributed by atoms with Crippen LogP contribution in [0.4, 0.5) is 0 Å². The van der Waals surface area contributed by atoms with Crippen molar-refractivity contribution in [3.8, 4) is 0 Å². The third-order valence-corrected chi connectivity index (χ3v) is 2.52. The van der Waals surface area contributed by atoms with Crippen molar-refractivity contribution >= 4 is 41.0 Å². The van der Waals surface area contributed by atoms with E-state index in [0.717, 1.165) is 5.56 Å². The molecule has 1 heterocycles. The van der Waals surface area contributed by atoms with Crippen molar-refractivity contribution in [3.05, 3.63) is 34.9 Å². The van der Waals surface area contributed by atoms with Gasteiger partial charge in [0.2, 0.25) is 5.11 Å². The summed E-state index contributed by atoms with van der Waals surface area (Å²) >= 11 is 10.7. The summed E-state index contributed by atoms with van der Waals surface area (Å²) in [4.78, 5) is 7.92. The molecule has 0 saturated heterocycles. The van der Waals surface area contributed by atoms with Crippen molar-refractivity contribution in [3.63, 3.8) is 0 Å². The SMILES string of the molecule is NC1=NC(=S)N=CC1c1cccc(Cl)c1. The lowest BCUT2D eigenvalue weighted by molar-refractivity contribution is 1.18. The monoisotopic (exact) mass is 237 g/mol. The third kappa shape index (κ3) is 2.22. The highest BCUT2D eigenvalue weighted by molar-refractivity contribution is 7.80. The summed E-state index contributed by atoms with van der Waals surface area (Å²) in [5, 5.41) is 0.938. The number of thiocarbonyl (C=S) groups is 1. The van der Waals surface area contributed by atoms with Gasteiger partial charge in [-0.1, -0.05) is 23.7 Å². The van der Waals surface area contributed by atoms with Gasteiger partial charge in [-0.2, -0.15) is 0 Å². The lowest BCUT2D eigenvalue weighted by Gasteiger charge is -2.15. The predicted octanol–water partition coefficient (Wildman–Crippen LogP) is 2.15. The van der Waals surface area contributed by atoms with Gasteiger partial charge in [0.15, 0.2) is 0 Å². The Balaban J connectivity index is 2.36. The van der Waals surface area contributed by atoms with Crippen LogP contribution in [0.15, 0.2) is 34.3 Å². The second-order valence-electron chi connectivity index (χ2n) is 3.13. The van der Waals surface area contributed by atoms with Gasteiger partial charge in [0.1, 0.15) is 5.84 Å². The molecule has 1 aromatic rings. The maximum absolute atomic E-state index is 5.89. The van der Waals surface area contributed by atoms with E-state index in [1.165, 1.54) is 0 Å². The van der Waals surface area contributed by atoms with Gasteiger partial charge < -0.3 is 5.73 Å². The highest BCUT2D eigenvalue weighted by Crippen LogP contribution is 2.20. The quantitative estimate of drug-likeness (QED) is 0.761. The zero-order valence-corrected chi connectivity index (χ0v) is 9.29. The molecular formula is C10H8ClN3S. The van der Waals surface area contributed by atoms with Crippen LogP contribution in [0, 0.1) is 0 Å². The Labute approximate surface area is 97.7 Å². The molecule has 0 amide bonds. The number of hydrogen-bond donors (Lipinski definition) is 1. The predicted molar refractivity (Wildman–Crippen MR) is 66.9 cm³/mol. The van der Waals surface area contributed by atoms with E-state index >= 15 is 0 Å². The summed E-state index contributed by atoms with van der Waals surface area (Å²) < 4.78 is 0. The molecule has 3 nitrogen and oxygen atoms in total. The second kappa shape index (κ2) is 4.08. The Bertz CT molecular complexity index is 467. The molecule has 2 rings (SSSR count). The number of nitrogens with zero attached hydrogens (tertiary/aromatic N) is 2. The first-order valence-electron chi connectivity index (χ1n) is 4.34. The van der Waals surface area contributed by atoms with Gasteiger partial charge >= 0.3 is 0 Å². The van der Waals surface area contributed by atoms with E-state index in [-0.39, 0.29) is 11.0 Å². The molecule has 76 valence electrons. The molecule has 0 aliphatic carbocycles. The Morgan fingerprint density at radius 3 is 2.87 bits per heavy atom. The molecule has 0 fully saturated rings. The fourth-order valence-corrected chi connectivity index (χ4v) is 1.75. The highest BCUT2D eigenvalue weighted by Gasteiger charge is 2.17. The molecule has 5 heteroatoms. The lowest BCUT2D eigenvalue weighted by Crippen LogP contribution is -2.27. The Kier molecular flexibility index (Phi) is 2.79. The van der Waals surface area contributed by atoms with Crippen molar-refractivity contribution in [1.29, 1.82) is 0 Å². The average molecular weight is 238 g/mol. The number of aliphatic imine (C=N–C) groups is 2. The molecular weight excluding hydrogens is 230 g/mol. The molecule has 0 aromatic heterocycles. The minimum atomic E-state index is -0.129. The Hall–Kier alpha value is -1.26. The van der Waals surface area contributed by atoms with Crippen LogP contribution in [-0.4, -0.2) is 17.2 Å². The maximum atomic E-state index is 5.89. The highest BCUT2D eigenvalue weighted by atomic mass is 35.5. The van der Waals surface area contributed by atoms with Gasteiger partial charge in [-0.25, -0.2) is 9.98 Å². The van der Waals surface area contributed by atoms with E-state index in [1.807, 2.05) is 24.3 Å². The second-order valence-corrected chi connectivity index (χ2v) is 3.93. The molecule has 0 saturated carbocycles. The van der Waals surface area contributed by atoms with Crippen LogP contribution >= 0.6 is 23.8 Å². The molecule has 0 bridgehead atoms. The standard InChI is InChI=1S/C10H8ClN3S/c11-7-3-1-2-6(4-7)8-5-13-10(15)14-9(8)12/h1-5,8H,(H2,12,14,15). The zero-order chi connectivity index (χ0) is 10.8. The van der Waals surface area contributed by atoms with E-state index in [1.54, 1.807) is 6.21 Å². The van der Waals surface area contributed by atoms with Gasteiger partial charge in [0, 0.05) is 11.2 Å². The largest absolute Gasteiger partial charge is 0.386 e. The van der Waals surface area contributed by atoms with Gasteiger partial charge in [0.25, 0.3) is 0 Å². The van der Waals surface area contributed by atoms with Crippen LogP contribution in [0.5, 0.6) is 0 Å². The van der Waals surface area contributed by atoms with Crippen LogP contribution in [0.1, 0.15) is 11.5 Å². The van der Waals surface area contributed by atoms with Crippen LogP contribution in [0.3, 0.4) is 0 Å². The summed E-state index contributed by atoms with van der Waals surface area (Å²) in [6.45, 7) is 0. The summed E-state index contributed by atoms with van der Waals surface area (Å²) in [6.07, 6.45) is 1.69. The van der Waals surface area contributed by atoms with Crippen molar-refractivity contribution in [1.82, 2.24) is 0 Å². The Morgan fingerprint density at radius 1 is 1.40 bits per heavy atom. The summed E-state index contributed by atoms with van der Waals surface area (Å²) in [5.74, 6) is 0.327. The first-order valence-corrected chi connectivity index (χ1v) is 5.13. The Morgan fingerprint density at radius 2 is 2.20 bits per heavy atom. The van der Waals surface area contributed by atoms with E-state index in [2.05, 4.69) is 9.98 Å². The summed E-state index contributed by atoms with van der Waals surface area (Å²) in [6, 6.07) is 7.45. The minimum absolute atomic E-state index is 0.129. The fourth-order valence-electron chi connectivity index (χ4n) is 1.38. The van der Waals surface area contributed by atoms with Crippen molar-refractivity contribution in [2.45, 2.75) is 5.92 Å². The van der Waals surface area contributed by atoms with Crippen LogP contribution in [0.25, 0.3) is 0 Å². The van der Waals surface area contributed by atoms with Crippen molar-refractivity contribution in [2.75, 3.05) is 0 Å². The number of halogens is 1. The van der Waals surface area contributed by atoms with Crippen LogP contribution < -0.4 is 5.73 Å². The van der Waals surface area contributed by atoms with Gasteiger partial charge in [-0.3, -0.25) is 0 Å². The molecule has 1 unspecified atom stereocenters. The lowest BCUT2D eigenvalue weighted by atomic mass is 9.99. The molecule has 1 aliphatic heterocycles. The van der Waals surface area contributed by atoms with Gasteiger partial charge in [0.05, 0.1) is 5.92 Å². The zero-order valence-electron chi connectivity index (χ0n) is 7.72. The van der Waals surface area contributed by atoms with Crippen LogP contribution in [-0.2, 0) is 0 Å². The normalized spacial score (nSPS) is 20.2. The third-order valence-electron chi connectivity index (χ3n) is 2.09. The van der Waals surface area contributed by atoms with E-state index in [9.17, 15) is 0 Å². The molecule has 2 N–H and O–H groups in total. The van der Waals surface area contributed by atoms with E-state index < -0.39 is 0 Å². The smallest absolute Gasteiger partial charge is 0.220 e. The topological polar surface area (TPSA) is 50.7 Å². The van der Waals surface area contributed by atoms with E-state index in [4.69, 9.17) is 29.6 Å². The van der Waals surface area contributed by atoms with Gasteiger partial charge in [-0.15, -0.1) is 0 Å². The number of benzene rings is 1. The van der Waals surface area contributed by atoms with E-state index in [0.29, 0.717) is 10.9 Å². The molecule has 1 aliphatic rings. The van der Waals surface area contributed by atoms with Gasteiger partial charge in [-0.05, 0) is 29.9 Å².